The zero-order valence-corrected chi connectivity index (χ0v) is 17.2. The predicted octanol–water partition coefficient (Wildman–Crippen LogP) is 2.18. The van der Waals surface area contributed by atoms with Gasteiger partial charge in [0.05, 0.1) is 25.8 Å². The highest BCUT2D eigenvalue weighted by atomic mass is 35.5. The smallest absolute Gasteiger partial charge is 0.225 e. The van der Waals surface area contributed by atoms with Crippen LogP contribution in [0.2, 0.25) is 5.02 Å². The first-order chi connectivity index (χ1) is 13.7. The SMILES string of the molecule is O=C1CC(N2CCOCC2)NC(N2CCCCC[C@@H]2Cc2ccccc2Cl)N1. The highest BCUT2D eigenvalue weighted by molar-refractivity contribution is 6.31. The number of amides is 1. The Labute approximate surface area is 172 Å². The molecule has 2 unspecified atom stereocenters. The molecule has 0 aliphatic carbocycles. The minimum absolute atomic E-state index is 0.0758. The third-order valence-electron chi connectivity index (χ3n) is 6.18. The lowest BCUT2D eigenvalue weighted by Crippen LogP contribution is -2.69. The van der Waals surface area contributed by atoms with E-state index in [0.717, 1.165) is 57.1 Å². The number of halogens is 1. The van der Waals surface area contributed by atoms with Crippen molar-refractivity contribution in [1.29, 1.82) is 0 Å². The second-order valence-electron chi connectivity index (χ2n) is 8.04. The molecule has 0 spiro atoms. The molecule has 154 valence electrons. The van der Waals surface area contributed by atoms with Gasteiger partial charge in [0.1, 0.15) is 6.29 Å². The van der Waals surface area contributed by atoms with Gasteiger partial charge in [-0.2, -0.15) is 0 Å². The van der Waals surface area contributed by atoms with E-state index in [1.165, 1.54) is 18.4 Å². The van der Waals surface area contributed by atoms with Crippen LogP contribution in [0.5, 0.6) is 0 Å². The van der Waals surface area contributed by atoms with E-state index in [1.807, 2.05) is 12.1 Å². The van der Waals surface area contributed by atoms with Crippen molar-refractivity contribution in [3.8, 4) is 0 Å². The summed E-state index contributed by atoms with van der Waals surface area (Å²) in [5.41, 5.74) is 1.19. The quantitative estimate of drug-likeness (QED) is 0.802. The lowest BCUT2D eigenvalue weighted by atomic mass is 10.0. The number of nitrogens with zero attached hydrogens (tertiary/aromatic N) is 2. The second-order valence-corrected chi connectivity index (χ2v) is 8.45. The fraction of sp³-hybridized carbons (Fsp3) is 0.667. The minimum atomic E-state index is -0.125. The first-order valence-electron chi connectivity index (χ1n) is 10.6. The molecule has 0 aromatic heterocycles. The van der Waals surface area contributed by atoms with Gasteiger partial charge in [0.15, 0.2) is 0 Å². The Morgan fingerprint density at radius 3 is 2.75 bits per heavy atom. The molecule has 3 aliphatic rings. The van der Waals surface area contributed by atoms with Crippen molar-refractivity contribution in [2.45, 2.75) is 57.0 Å². The molecule has 2 N–H and O–H groups in total. The van der Waals surface area contributed by atoms with Crippen molar-refractivity contribution in [2.75, 3.05) is 32.8 Å². The molecule has 3 saturated heterocycles. The summed E-state index contributed by atoms with van der Waals surface area (Å²) >= 11 is 6.44. The first kappa shape index (κ1) is 20.1. The van der Waals surface area contributed by atoms with E-state index in [-0.39, 0.29) is 18.4 Å². The Hall–Kier alpha value is -1.18. The van der Waals surface area contributed by atoms with Crippen LogP contribution in [0, 0.1) is 0 Å². The van der Waals surface area contributed by atoms with Crippen LogP contribution >= 0.6 is 11.6 Å². The highest BCUT2D eigenvalue weighted by Crippen LogP contribution is 2.26. The largest absolute Gasteiger partial charge is 0.379 e. The monoisotopic (exact) mass is 406 g/mol. The Balaban J connectivity index is 1.49. The number of nitrogens with one attached hydrogen (secondary N) is 2. The Kier molecular flexibility index (Phi) is 6.86. The average molecular weight is 407 g/mol. The maximum absolute atomic E-state index is 12.5. The number of benzene rings is 1. The van der Waals surface area contributed by atoms with Crippen LogP contribution in [0.25, 0.3) is 0 Å². The summed E-state index contributed by atoms with van der Waals surface area (Å²) in [6.07, 6.45) is 6.11. The van der Waals surface area contributed by atoms with E-state index in [9.17, 15) is 4.79 Å². The first-order valence-corrected chi connectivity index (χ1v) is 10.9. The Morgan fingerprint density at radius 2 is 1.93 bits per heavy atom. The van der Waals surface area contributed by atoms with E-state index >= 15 is 0 Å². The maximum Gasteiger partial charge on any atom is 0.225 e. The van der Waals surface area contributed by atoms with Gasteiger partial charge < -0.3 is 10.1 Å². The van der Waals surface area contributed by atoms with Crippen LogP contribution in [-0.2, 0) is 16.0 Å². The molecule has 0 bridgehead atoms. The van der Waals surface area contributed by atoms with Crippen molar-refractivity contribution < 1.29 is 9.53 Å². The number of hydrogen-bond acceptors (Lipinski definition) is 5. The van der Waals surface area contributed by atoms with E-state index < -0.39 is 0 Å². The van der Waals surface area contributed by atoms with Crippen LogP contribution in [0.4, 0.5) is 0 Å². The molecule has 0 saturated carbocycles. The lowest BCUT2D eigenvalue weighted by molar-refractivity contribution is -0.131. The molecule has 28 heavy (non-hydrogen) atoms. The summed E-state index contributed by atoms with van der Waals surface area (Å²) in [4.78, 5) is 17.3. The number of carbonyl (C=O) groups excluding carboxylic acids is 1. The minimum Gasteiger partial charge on any atom is -0.379 e. The summed E-state index contributed by atoms with van der Waals surface area (Å²) in [6, 6.07) is 8.48. The van der Waals surface area contributed by atoms with Crippen molar-refractivity contribution in [3.05, 3.63) is 34.9 Å². The Morgan fingerprint density at radius 1 is 1.11 bits per heavy atom. The number of ether oxygens (including phenoxy) is 1. The molecule has 3 aliphatic heterocycles. The molecule has 6 nitrogen and oxygen atoms in total. The van der Waals surface area contributed by atoms with E-state index in [2.05, 4.69) is 32.6 Å². The fourth-order valence-electron chi connectivity index (χ4n) is 4.65. The summed E-state index contributed by atoms with van der Waals surface area (Å²) in [5.74, 6) is 0.126. The zero-order chi connectivity index (χ0) is 19.3. The van der Waals surface area contributed by atoms with Gasteiger partial charge in [-0.05, 0) is 30.9 Å². The standard InChI is InChI=1S/C21H31ClN4O2/c22-18-8-4-3-6-16(18)14-17-7-2-1-5-9-26(17)21-23-19(15-20(27)24-21)25-10-12-28-13-11-25/h3-4,6,8,17,19,21,23H,1-2,5,7,9-15H2,(H,24,27)/t17-,19?,21?/m1/s1. The van der Waals surface area contributed by atoms with Gasteiger partial charge in [0.2, 0.25) is 5.91 Å². The molecule has 1 aromatic carbocycles. The molecule has 3 atom stereocenters. The molecule has 7 heteroatoms. The number of hydrogen-bond donors (Lipinski definition) is 2. The van der Waals surface area contributed by atoms with Crippen molar-refractivity contribution in [1.82, 2.24) is 20.4 Å². The molecular weight excluding hydrogens is 376 g/mol. The van der Waals surface area contributed by atoms with E-state index in [1.54, 1.807) is 0 Å². The van der Waals surface area contributed by atoms with Crippen LogP contribution in [-0.4, -0.2) is 67.1 Å². The van der Waals surface area contributed by atoms with Gasteiger partial charge >= 0.3 is 0 Å². The Bertz CT molecular complexity index is 668. The third-order valence-corrected chi connectivity index (χ3v) is 6.55. The highest BCUT2D eigenvalue weighted by Gasteiger charge is 2.36. The topological polar surface area (TPSA) is 56.8 Å². The van der Waals surface area contributed by atoms with Gasteiger partial charge in [0.25, 0.3) is 0 Å². The van der Waals surface area contributed by atoms with Crippen molar-refractivity contribution in [2.24, 2.45) is 0 Å². The molecule has 0 radical (unpaired) electrons. The van der Waals surface area contributed by atoms with Crippen LogP contribution < -0.4 is 10.6 Å². The van der Waals surface area contributed by atoms with E-state index in [0.29, 0.717) is 12.5 Å². The summed E-state index contributed by atoms with van der Waals surface area (Å²) in [7, 11) is 0. The van der Waals surface area contributed by atoms with Crippen molar-refractivity contribution in [3.63, 3.8) is 0 Å². The number of likely N-dealkylation sites (tertiary alicyclic amines) is 1. The van der Waals surface area contributed by atoms with Gasteiger partial charge in [-0.25, -0.2) is 0 Å². The maximum atomic E-state index is 12.5. The number of rotatable bonds is 4. The van der Waals surface area contributed by atoms with E-state index in [4.69, 9.17) is 16.3 Å². The predicted molar refractivity (Wildman–Crippen MR) is 110 cm³/mol. The molecule has 1 aromatic rings. The van der Waals surface area contributed by atoms with Crippen LogP contribution in [0.15, 0.2) is 24.3 Å². The van der Waals surface area contributed by atoms with Crippen molar-refractivity contribution >= 4 is 17.5 Å². The lowest BCUT2D eigenvalue weighted by Gasteiger charge is -2.45. The summed E-state index contributed by atoms with van der Waals surface area (Å²) < 4.78 is 5.48. The van der Waals surface area contributed by atoms with Gasteiger partial charge in [-0.1, -0.05) is 42.6 Å². The molecule has 1 amide bonds. The molecule has 3 heterocycles. The fourth-order valence-corrected chi connectivity index (χ4v) is 4.86. The second kappa shape index (κ2) is 9.55. The van der Waals surface area contributed by atoms with Gasteiger partial charge in [0, 0.05) is 30.7 Å². The molecule has 4 rings (SSSR count). The van der Waals surface area contributed by atoms with Crippen LogP contribution in [0.3, 0.4) is 0 Å². The number of carbonyl (C=O) groups is 1. The number of morpholine rings is 1. The van der Waals surface area contributed by atoms with Crippen LogP contribution in [0.1, 0.15) is 37.7 Å². The molecular formula is C21H31ClN4O2. The summed E-state index contributed by atoms with van der Waals surface area (Å²) in [5, 5.41) is 7.74. The molecule has 3 fully saturated rings. The zero-order valence-electron chi connectivity index (χ0n) is 16.4. The summed E-state index contributed by atoms with van der Waals surface area (Å²) in [6.45, 7) is 4.22. The van der Waals surface area contributed by atoms with Gasteiger partial charge in [-0.15, -0.1) is 0 Å². The van der Waals surface area contributed by atoms with Gasteiger partial charge in [-0.3, -0.25) is 19.9 Å². The normalized spacial score (nSPS) is 30.6. The average Bonchev–Trinajstić information content (AvgIpc) is 2.95. The third kappa shape index (κ3) is 4.86.